The summed E-state index contributed by atoms with van der Waals surface area (Å²) in [5.41, 5.74) is 0.909. The van der Waals surface area contributed by atoms with Gasteiger partial charge in [-0.2, -0.15) is 13.2 Å². The van der Waals surface area contributed by atoms with Gasteiger partial charge >= 0.3 is 6.18 Å². The van der Waals surface area contributed by atoms with Gasteiger partial charge in [-0.1, -0.05) is 0 Å². The second-order valence-corrected chi connectivity index (χ2v) is 12.3. The standard InChI is InChI=1S/C21H24F3N3O2S/c1-30(2,3)11-10-29-14-27-13-19(21(22,23)24)26-20(27)16-6-9-18(25-12-16)15-4-7-17(28)8-5-15/h4-9,12-13,28H,10-11,14H2,1-3H3. The number of benzene rings is 1. The molecule has 0 spiro atoms. The van der Waals surface area contributed by atoms with Gasteiger partial charge in [0.05, 0.1) is 12.3 Å². The molecule has 0 radical (unpaired) electrons. The molecule has 0 aliphatic rings. The number of phenols is 1. The van der Waals surface area contributed by atoms with E-state index in [0.29, 0.717) is 17.9 Å². The SMILES string of the molecule is CS(C)(C)CCOCn1cc(C(F)(F)F)nc1-c1ccc(-c2ccc(O)cc2)nc1. The molecule has 0 atom stereocenters. The van der Waals surface area contributed by atoms with Crippen LogP contribution in [0.3, 0.4) is 0 Å². The fourth-order valence-electron chi connectivity index (χ4n) is 2.68. The molecular formula is C21H24F3N3O2S. The summed E-state index contributed by atoms with van der Waals surface area (Å²) in [4.78, 5) is 8.13. The first-order valence-corrected chi connectivity index (χ1v) is 12.2. The van der Waals surface area contributed by atoms with E-state index in [0.717, 1.165) is 17.5 Å². The molecule has 1 N–H and O–H groups in total. The molecule has 0 fully saturated rings. The summed E-state index contributed by atoms with van der Waals surface area (Å²) in [6, 6.07) is 9.90. The molecule has 162 valence electrons. The minimum Gasteiger partial charge on any atom is -0.508 e. The van der Waals surface area contributed by atoms with Gasteiger partial charge in [0, 0.05) is 29.3 Å². The Bertz CT molecular complexity index is 979. The van der Waals surface area contributed by atoms with Crippen LogP contribution in [0.4, 0.5) is 13.2 Å². The Morgan fingerprint density at radius 3 is 2.27 bits per heavy atom. The predicted molar refractivity (Wildman–Crippen MR) is 114 cm³/mol. The van der Waals surface area contributed by atoms with Crippen LogP contribution in [0.15, 0.2) is 48.8 Å². The molecule has 3 rings (SSSR count). The average molecular weight is 440 g/mol. The van der Waals surface area contributed by atoms with Crippen LogP contribution in [-0.4, -0.2) is 50.8 Å². The molecule has 0 amide bonds. The van der Waals surface area contributed by atoms with Crippen molar-refractivity contribution in [1.82, 2.24) is 14.5 Å². The lowest BCUT2D eigenvalue weighted by molar-refractivity contribution is -0.141. The van der Waals surface area contributed by atoms with Crippen molar-refractivity contribution in [2.75, 3.05) is 31.1 Å². The fraction of sp³-hybridized carbons (Fsp3) is 0.333. The van der Waals surface area contributed by atoms with Gasteiger partial charge in [-0.3, -0.25) is 4.98 Å². The molecule has 0 unspecified atom stereocenters. The van der Waals surface area contributed by atoms with Crippen molar-refractivity contribution in [2.45, 2.75) is 12.9 Å². The number of hydrogen-bond donors (Lipinski definition) is 1. The van der Waals surface area contributed by atoms with Crippen LogP contribution in [0.1, 0.15) is 5.69 Å². The number of aromatic nitrogens is 3. The number of aromatic hydroxyl groups is 1. The number of alkyl halides is 3. The van der Waals surface area contributed by atoms with Crippen molar-refractivity contribution < 1.29 is 23.0 Å². The summed E-state index contributed by atoms with van der Waals surface area (Å²) < 4.78 is 46.6. The van der Waals surface area contributed by atoms with E-state index in [1.165, 1.54) is 10.8 Å². The summed E-state index contributed by atoms with van der Waals surface area (Å²) in [5, 5.41) is 9.39. The number of rotatable bonds is 7. The van der Waals surface area contributed by atoms with Crippen LogP contribution in [0.5, 0.6) is 5.75 Å². The molecule has 9 heteroatoms. The third-order valence-corrected chi connectivity index (χ3v) is 5.71. The van der Waals surface area contributed by atoms with Gasteiger partial charge in [0.15, 0.2) is 5.69 Å². The summed E-state index contributed by atoms with van der Waals surface area (Å²) >= 11 is 0. The number of imidazole rings is 1. The zero-order valence-corrected chi connectivity index (χ0v) is 17.8. The molecule has 0 saturated heterocycles. The van der Waals surface area contributed by atoms with Gasteiger partial charge in [0.1, 0.15) is 18.3 Å². The Labute approximate surface area is 174 Å². The second kappa shape index (κ2) is 8.69. The van der Waals surface area contributed by atoms with Crippen molar-refractivity contribution in [2.24, 2.45) is 0 Å². The molecule has 0 saturated carbocycles. The number of nitrogens with zero attached hydrogens (tertiary/aromatic N) is 3. The molecule has 0 aliphatic heterocycles. The number of halogens is 3. The van der Waals surface area contributed by atoms with Crippen molar-refractivity contribution in [3.63, 3.8) is 0 Å². The largest absolute Gasteiger partial charge is 0.508 e. The third kappa shape index (κ3) is 5.76. The van der Waals surface area contributed by atoms with Gasteiger partial charge in [0.25, 0.3) is 0 Å². The molecule has 30 heavy (non-hydrogen) atoms. The smallest absolute Gasteiger partial charge is 0.434 e. The lowest BCUT2D eigenvalue weighted by atomic mass is 10.1. The van der Waals surface area contributed by atoms with Crippen molar-refractivity contribution in [1.29, 1.82) is 0 Å². The fourth-order valence-corrected chi connectivity index (χ4v) is 3.30. The predicted octanol–water partition coefficient (Wildman–Crippen LogP) is 5.00. The number of pyridine rings is 1. The highest BCUT2D eigenvalue weighted by atomic mass is 32.3. The minimum atomic E-state index is -4.55. The first-order chi connectivity index (χ1) is 14.0. The molecule has 2 heterocycles. The van der Waals surface area contributed by atoms with Crippen molar-refractivity contribution in [3.05, 3.63) is 54.5 Å². The van der Waals surface area contributed by atoms with Gasteiger partial charge < -0.3 is 14.4 Å². The molecule has 3 aromatic rings. The first-order valence-electron chi connectivity index (χ1n) is 9.17. The van der Waals surface area contributed by atoms with Gasteiger partial charge in [-0.25, -0.2) is 15.0 Å². The van der Waals surface area contributed by atoms with Gasteiger partial charge in [-0.15, -0.1) is 0 Å². The molecule has 5 nitrogen and oxygen atoms in total. The van der Waals surface area contributed by atoms with E-state index in [4.69, 9.17) is 4.74 Å². The Morgan fingerprint density at radius 2 is 1.70 bits per heavy atom. The summed E-state index contributed by atoms with van der Waals surface area (Å²) in [6.07, 6.45) is 4.37. The summed E-state index contributed by atoms with van der Waals surface area (Å²) in [6.45, 7) is 0.448. The number of ether oxygens (including phenoxy) is 1. The van der Waals surface area contributed by atoms with E-state index in [-0.39, 0.29) is 18.3 Å². The van der Waals surface area contributed by atoms with E-state index in [2.05, 4.69) is 28.7 Å². The summed E-state index contributed by atoms with van der Waals surface area (Å²) in [7, 11) is -0.748. The Morgan fingerprint density at radius 1 is 1.03 bits per heavy atom. The third-order valence-electron chi connectivity index (χ3n) is 4.32. The molecule has 0 aliphatic carbocycles. The zero-order chi connectivity index (χ0) is 21.9. The maximum absolute atomic E-state index is 13.2. The minimum absolute atomic E-state index is 0.0202. The maximum atomic E-state index is 13.2. The van der Waals surface area contributed by atoms with Crippen LogP contribution in [-0.2, 0) is 17.6 Å². The van der Waals surface area contributed by atoms with Crippen LogP contribution < -0.4 is 0 Å². The lowest BCUT2D eigenvalue weighted by Gasteiger charge is -2.24. The summed E-state index contributed by atoms with van der Waals surface area (Å²) in [5.74, 6) is 1.16. The molecule has 1 aromatic carbocycles. The molecule has 0 bridgehead atoms. The van der Waals surface area contributed by atoms with Crippen LogP contribution in [0.2, 0.25) is 0 Å². The molecule has 2 aromatic heterocycles. The highest BCUT2D eigenvalue weighted by Gasteiger charge is 2.35. The normalized spacial score (nSPS) is 12.9. The number of phenolic OH excluding ortho intramolecular Hbond substituents is 1. The van der Waals surface area contributed by atoms with Crippen molar-refractivity contribution in [3.8, 4) is 28.4 Å². The van der Waals surface area contributed by atoms with Gasteiger partial charge in [0.2, 0.25) is 0 Å². The van der Waals surface area contributed by atoms with E-state index < -0.39 is 21.9 Å². The molecular weight excluding hydrogens is 415 g/mol. The quantitative estimate of drug-likeness (QED) is 0.526. The zero-order valence-electron chi connectivity index (χ0n) is 17.0. The lowest BCUT2D eigenvalue weighted by Crippen LogP contribution is -2.10. The topological polar surface area (TPSA) is 60.2 Å². The van der Waals surface area contributed by atoms with Crippen molar-refractivity contribution >= 4 is 10.0 Å². The first kappa shape index (κ1) is 22.2. The van der Waals surface area contributed by atoms with Crippen LogP contribution in [0, 0.1) is 0 Å². The van der Waals surface area contributed by atoms with Gasteiger partial charge in [-0.05, 0) is 55.2 Å². The monoisotopic (exact) mass is 439 g/mol. The average Bonchev–Trinajstić information content (AvgIpc) is 3.10. The van der Waals surface area contributed by atoms with E-state index in [9.17, 15) is 18.3 Å². The Balaban J connectivity index is 1.84. The van der Waals surface area contributed by atoms with Crippen LogP contribution in [0.25, 0.3) is 22.6 Å². The second-order valence-electron chi connectivity index (χ2n) is 7.73. The van der Waals surface area contributed by atoms with E-state index in [1.807, 2.05) is 0 Å². The van der Waals surface area contributed by atoms with E-state index in [1.54, 1.807) is 36.4 Å². The Kier molecular flexibility index (Phi) is 6.42. The highest BCUT2D eigenvalue weighted by molar-refractivity contribution is 8.32. The van der Waals surface area contributed by atoms with Crippen LogP contribution >= 0.6 is 10.0 Å². The maximum Gasteiger partial charge on any atom is 0.434 e. The highest BCUT2D eigenvalue weighted by Crippen LogP contribution is 2.34. The Hall–Kier alpha value is -2.52. The van der Waals surface area contributed by atoms with E-state index >= 15 is 0 Å². The number of hydrogen-bond acceptors (Lipinski definition) is 4.